The molecule has 3 rings (SSSR count). The summed E-state index contributed by atoms with van der Waals surface area (Å²) in [5, 5.41) is 15.3. The predicted octanol–water partition coefficient (Wildman–Crippen LogP) is 2.88. The molecule has 1 aliphatic heterocycles. The van der Waals surface area contributed by atoms with Gasteiger partial charge in [0, 0.05) is 62.3 Å². The van der Waals surface area contributed by atoms with Gasteiger partial charge in [-0.2, -0.15) is 5.26 Å². The highest BCUT2D eigenvalue weighted by Gasteiger charge is 2.17. The van der Waals surface area contributed by atoms with Gasteiger partial charge in [0.1, 0.15) is 11.9 Å². The molecule has 1 amide bonds. The molecule has 0 radical (unpaired) electrons. The van der Waals surface area contributed by atoms with Crippen LogP contribution < -0.4 is 15.5 Å². The van der Waals surface area contributed by atoms with Gasteiger partial charge in [-0.15, -0.1) is 0 Å². The topological polar surface area (TPSA) is 97.2 Å². The number of piperazine rings is 1. The van der Waals surface area contributed by atoms with E-state index in [0.29, 0.717) is 17.9 Å². The number of nitrogens with zero attached hydrogens (tertiary/aromatic N) is 5. The lowest BCUT2D eigenvalue weighted by molar-refractivity contribution is 0.0951. The summed E-state index contributed by atoms with van der Waals surface area (Å²) < 4.78 is 0. The number of hydrogen-bond donors (Lipinski definition) is 2. The van der Waals surface area contributed by atoms with E-state index in [1.165, 1.54) is 0 Å². The third kappa shape index (κ3) is 6.41. The highest BCUT2D eigenvalue weighted by molar-refractivity contribution is 5.94. The fraction of sp³-hybridized carbons (Fsp3) is 0.500. The van der Waals surface area contributed by atoms with E-state index in [1.807, 2.05) is 30.3 Å². The maximum absolute atomic E-state index is 12.7. The molecule has 1 saturated heterocycles. The van der Waals surface area contributed by atoms with Gasteiger partial charge in [-0.05, 0) is 36.2 Å². The average Bonchev–Trinajstić information content (AvgIpc) is 2.81. The summed E-state index contributed by atoms with van der Waals surface area (Å²) in [6, 6.07) is 9.72. The van der Waals surface area contributed by atoms with Crippen LogP contribution in [0.15, 0.2) is 30.5 Å². The van der Waals surface area contributed by atoms with Crippen LogP contribution in [0.3, 0.4) is 0 Å². The van der Waals surface area contributed by atoms with Crippen LogP contribution in [-0.4, -0.2) is 60.0 Å². The second-order valence-electron chi connectivity index (χ2n) is 9.24. The maximum atomic E-state index is 12.7. The van der Waals surface area contributed by atoms with E-state index < -0.39 is 0 Å². The molecule has 1 aromatic carbocycles. The van der Waals surface area contributed by atoms with Gasteiger partial charge in [-0.3, -0.25) is 4.79 Å². The Hall–Kier alpha value is -3.18. The fourth-order valence-electron chi connectivity index (χ4n) is 3.52. The Morgan fingerprint density at radius 2 is 1.84 bits per heavy atom. The molecule has 170 valence electrons. The Morgan fingerprint density at radius 3 is 2.44 bits per heavy atom. The van der Waals surface area contributed by atoms with E-state index in [0.717, 1.165) is 44.0 Å². The molecule has 1 fully saturated rings. The second kappa shape index (κ2) is 10.4. The van der Waals surface area contributed by atoms with Crippen molar-refractivity contribution < 1.29 is 4.79 Å². The standard InChI is InChI=1S/C24H33N7O/c1-5-30-10-12-31(13-11-30)20-8-6-18(7-9-20)23(32)27-16-19-15-26-21(14-25)29-22(19)28-17-24(2,3)4/h6-9,15H,5,10-13,16-17H2,1-4H3,(H,27,32)(H,26,28,29). The van der Waals surface area contributed by atoms with Gasteiger partial charge in [0.25, 0.3) is 5.91 Å². The smallest absolute Gasteiger partial charge is 0.251 e. The maximum Gasteiger partial charge on any atom is 0.251 e. The van der Waals surface area contributed by atoms with Crippen molar-refractivity contribution in [3.8, 4) is 6.07 Å². The van der Waals surface area contributed by atoms with E-state index in [4.69, 9.17) is 5.26 Å². The van der Waals surface area contributed by atoms with Gasteiger partial charge in [-0.1, -0.05) is 27.7 Å². The molecular formula is C24H33N7O. The Bertz CT molecular complexity index is 952. The van der Waals surface area contributed by atoms with Gasteiger partial charge in [0.15, 0.2) is 0 Å². The van der Waals surface area contributed by atoms with Crippen LogP contribution in [-0.2, 0) is 6.54 Å². The Balaban J connectivity index is 1.61. The Morgan fingerprint density at radius 1 is 1.16 bits per heavy atom. The van der Waals surface area contributed by atoms with Crippen LogP contribution in [0.25, 0.3) is 0 Å². The zero-order valence-electron chi connectivity index (χ0n) is 19.5. The number of aromatic nitrogens is 2. The molecule has 2 heterocycles. The quantitative estimate of drug-likeness (QED) is 0.690. The number of anilines is 2. The fourth-order valence-corrected chi connectivity index (χ4v) is 3.52. The van der Waals surface area contributed by atoms with E-state index in [-0.39, 0.29) is 23.7 Å². The number of likely N-dealkylation sites (N-methyl/N-ethyl adjacent to an activating group) is 1. The van der Waals surface area contributed by atoms with Crippen LogP contribution in [0.1, 0.15) is 49.4 Å². The van der Waals surface area contributed by atoms with Crippen molar-refractivity contribution in [2.45, 2.75) is 34.2 Å². The molecule has 2 aromatic rings. The summed E-state index contributed by atoms with van der Waals surface area (Å²) in [7, 11) is 0. The minimum atomic E-state index is -0.154. The average molecular weight is 436 g/mol. The minimum absolute atomic E-state index is 0.0448. The van der Waals surface area contributed by atoms with Crippen molar-refractivity contribution in [1.82, 2.24) is 20.2 Å². The first-order chi connectivity index (χ1) is 15.3. The van der Waals surface area contributed by atoms with Crippen molar-refractivity contribution in [3.05, 3.63) is 47.4 Å². The van der Waals surface area contributed by atoms with Crippen LogP contribution in [0.4, 0.5) is 11.5 Å². The number of nitriles is 1. The molecule has 8 nitrogen and oxygen atoms in total. The van der Waals surface area contributed by atoms with Crippen molar-refractivity contribution in [1.29, 1.82) is 5.26 Å². The monoisotopic (exact) mass is 435 g/mol. The van der Waals surface area contributed by atoms with Crippen LogP contribution in [0.5, 0.6) is 0 Å². The van der Waals surface area contributed by atoms with E-state index in [1.54, 1.807) is 6.20 Å². The summed E-state index contributed by atoms with van der Waals surface area (Å²) in [5.41, 5.74) is 2.54. The van der Waals surface area contributed by atoms with E-state index in [9.17, 15) is 4.79 Å². The number of rotatable bonds is 7. The van der Waals surface area contributed by atoms with Gasteiger partial charge >= 0.3 is 0 Å². The van der Waals surface area contributed by atoms with Gasteiger partial charge in [0.05, 0.1) is 0 Å². The van der Waals surface area contributed by atoms with Crippen molar-refractivity contribution in [2.75, 3.05) is 49.5 Å². The normalized spacial score (nSPS) is 14.7. The zero-order chi connectivity index (χ0) is 23.1. The van der Waals surface area contributed by atoms with Crippen LogP contribution >= 0.6 is 0 Å². The van der Waals surface area contributed by atoms with Crippen molar-refractivity contribution >= 4 is 17.4 Å². The lowest BCUT2D eigenvalue weighted by Gasteiger charge is -2.35. The third-order valence-corrected chi connectivity index (χ3v) is 5.50. The first-order valence-corrected chi connectivity index (χ1v) is 11.1. The molecule has 0 spiro atoms. The second-order valence-corrected chi connectivity index (χ2v) is 9.24. The van der Waals surface area contributed by atoms with Gasteiger partial charge in [-0.25, -0.2) is 9.97 Å². The molecule has 1 aliphatic rings. The molecule has 32 heavy (non-hydrogen) atoms. The Kier molecular flexibility index (Phi) is 7.65. The summed E-state index contributed by atoms with van der Waals surface area (Å²) in [6.45, 7) is 14.7. The molecule has 2 N–H and O–H groups in total. The molecule has 0 atom stereocenters. The number of amides is 1. The van der Waals surface area contributed by atoms with E-state index >= 15 is 0 Å². The summed E-state index contributed by atoms with van der Waals surface area (Å²) in [6.07, 6.45) is 1.59. The van der Waals surface area contributed by atoms with Crippen LogP contribution in [0, 0.1) is 16.7 Å². The number of carbonyl (C=O) groups excluding carboxylic acids is 1. The largest absolute Gasteiger partial charge is 0.369 e. The molecule has 0 unspecified atom stereocenters. The number of nitrogens with one attached hydrogen (secondary N) is 2. The minimum Gasteiger partial charge on any atom is -0.369 e. The first kappa shape index (κ1) is 23.5. The van der Waals surface area contributed by atoms with Crippen LogP contribution in [0.2, 0.25) is 0 Å². The first-order valence-electron chi connectivity index (χ1n) is 11.1. The highest BCUT2D eigenvalue weighted by Crippen LogP contribution is 2.19. The van der Waals surface area contributed by atoms with Gasteiger partial charge in [0.2, 0.25) is 5.82 Å². The predicted molar refractivity (Wildman–Crippen MR) is 127 cm³/mol. The zero-order valence-corrected chi connectivity index (χ0v) is 19.5. The van der Waals surface area contributed by atoms with Crippen molar-refractivity contribution in [3.63, 3.8) is 0 Å². The summed E-state index contributed by atoms with van der Waals surface area (Å²) >= 11 is 0. The molecule has 8 heteroatoms. The van der Waals surface area contributed by atoms with Crippen molar-refractivity contribution in [2.24, 2.45) is 5.41 Å². The molecule has 0 aliphatic carbocycles. The number of hydrogen-bond acceptors (Lipinski definition) is 7. The number of benzene rings is 1. The summed E-state index contributed by atoms with van der Waals surface area (Å²) in [5.74, 6) is 0.527. The summed E-state index contributed by atoms with van der Waals surface area (Å²) in [4.78, 5) is 25.8. The molecule has 1 aromatic heterocycles. The SMILES string of the molecule is CCN1CCN(c2ccc(C(=O)NCc3cnc(C#N)nc3NCC(C)(C)C)cc2)CC1. The lowest BCUT2D eigenvalue weighted by Crippen LogP contribution is -2.46. The highest BCUT2D eigenvalue weighted by atomic mass is 16.1. The molecule has 0 saturated carbocycles. The Labute approximate surface area is 190 Å². The number of carbonyl (C=O) groups is 1. The van der Waals surface area contributed by atoms with E-state index in [2.05, 4.69) is 58.1 Å². The third-order valence-electron chi connectivity index (χ3n) is 5.50. The molecular weight excluding hydrogens is 402 g/mol. The lowest BCUT2D eigenvalue weighted by atomic mass is 9.97. The molecule has 0 bridgehead atoms. The van der Waals surface area contributed by atoms with Gasteiger partial charge < -0.3 is 20.4 Å².